The van der Waals surface area contributed by atoms with Crippen molar-refractivity contribution in [3.63, 3.8) is 0 Å². The topological polar surface area (TPSA) is 41.7 Å². The summed E-state index contributed by atoms with van der Waals surface area (Å²) < 4.78 is 5.67. The minimum Gasteiger partial charge on any atom is -0.374 e. The van der Waals surface area contributed by atoms with Crippen molar-refractivity contribution in [3.8, 4) is 0 Å². The zero-order valence-electron chi connectivity index (χ0n) is 11.1. The third-order valence-corrected chi connectivity index (χ3v) is 4.02. The lowest BCUT2D eigenvalue weighted by molar-refractivity contribution is -0.0540. The maximum atomic E-state index is 5.68. The molecule has 0 bridgehead atoms. The Labute approximate surface area is 105 Å². The van der Waals surface area contributed by atoms with Gasteiger partial charge in [-0.1, -0.05) is 0 Å². The molecule has 4 heteroatoms. The predicted molar refractivity (Wildman–Crippen MR) is 70.1 cm³/mol. The highest BCUT2D eigenvalue weighted by Crippen LogP contribution is 2.13. The summed E-state index contributed by atoms with van der Waals surface area (Å²) in [5.74, 6) is 0. The van der Waals surface area contributed by atoms with Gasteiger partial charge in [-0.2, -0.15) is 0 Å². The van der Waals surface area contributed by atoms with Gasteiger partial charge >= 0.3 is 0 Å². The van der Waals surface area contributed by atoms with Crippen molar-refractivity contribution in [1.29, 1.82) is 0 Å². The van der Waals surface area contributed by atoms with Crippen LogP contribution in [-0.4, -0.2) is 67.8 Å². The van der Waals surface area contributed by atoms with Gasteiger partial charge in [0.05, 0.1) is 12.7 Å². The molecule has 4 nitrogen and oxygen atoms in total. The lowest BCUT2D eigenvalue weighted by Gasteiger charge is -2.37. The van der Waals surface area contributed by atoms with Gasteiger partial charge in [0.2, 0.25) is 0 Å². The van der Waals surface area contributed by atoms with Crippen molar-refractivity contribution in [1.82, 2.24) is 9.80 Å². The Morgan fingerprint density at radius 3 is 2.71 bits per heavy atom. The van der Waals surface area contributed by atoms with E-state index in [0.717, 1.165) is 13.2 Å². The van der Waals surface area contributed by atoms with Crippen molar-refractivity contribution in [2.45, 2.75) is 38.3 Å². The first-order valence-corrected chi connectivity index (χ1v) is 7.07. The smallest absolute Gasteiger partial charge is 0.0824 e. The van der Waals surface area contributed by atoms with Crippen molar-refractivity contribution >= 4 is 0 Å². The number of nitrogens with zero attached hydrogens (tertiary/aromatic N) is 2. The first-order chi connectivity index (χ1) is 8.29. The van der Waals surface area contributed by atoms with Gasteiger partial charge in [0, 0.05) is 19.1 Å². The van der Waals surface area contributed by atoms with Crippen LogP contribution in [0, 0.1) is 0 Å². The van der Waals surface area contributed by atoms with Crippen LogP contribution in [0.4, 0.5) is 0 Å². The fraction of sp³-hybridized carbons (Fsp3) is 1.00. The van der Waals surface area contributed by atoms with Crippen LogP contribution in [0.3, 0.4) is 0 Å². The SMILES string of the molecule is CC1COC(CN)CN1CCCN1CCCC1. The molecule has 0 spiro atoms. The summed E-state index contributed by atoms with van der Waals surface area (Å²) in [6, 6.07) is 0.552. The largest absolute Gasteiger partial charge is 0.374 e. The van der Waals surface area contributed by atoms with E-state index in [1.54, 1.807) is 0 Å². The molecule has 0 saturated carbocycles. The van der Waals surface area contributed by atoms with Gasteiger partial charge in [0.1, 0.15) is 0 Å². The Morgan fingerprint density at radius 1 is 1.24 bits per heavy atom. The zero-order valence-corrected chi connectivity index (χ0v) is 11.1. The lowest BCUT2D eigenvalue weighted by Crippen LogP contribution is -2.51. The van der Waals surface area contributed by atoms with Gasteiger partial charge in [-0.25, -0.2) is 0 Å². The molecule has 2 atom stereocenters. The van der Waals surface area contributed by atoms with Crippen LogP contribution in [0.25, 0.3) is 0 Å². The van der Waals surface area contributed by atoms with Gasteiger partial charge in [-0.05, 0) is 52.4 Å². The number of ether oxygens (including phenoxy) is 1. The summed E-state index contributed by atoms with van der Waals surface area (Å²) in [6.07, 6.45) is 4.31. The Bertz CT molecular complexity index is 219. The van der Waals surface area contributed by atoms with E-state index in [4.69, 9.17) is 10.5 Å². The van der Waals surface area contributed by atoms with E-state index in [2.05, 4.69) is 16.7 Å². The molecular weight excluding hydrogens is 214 g/mol. The van der Waals surface area contributed by atoms with Crippen LogP contribution >= 0.6 is 0 Å². The van der Waals surface area contributed by atoms with Crippen molar-refractivity contribution < 1.29 is 4.74 Å². The molecule has 0 aromatic rings. The number of likely N-dealkylation sites (tertiary alicyclic amines) is 1. The van der Waals surface area contributed by atoms with Crippen molar-refractivity contribution in [2.24, 2.45) is 5.73 Å². The average molecular weight is 241 g/mol. The van der Waals surface area contributed by atoms with Gasteiger partial charge in [-0.15, -0.1) is 0 Å². The first kappa shape index (κ1) is 13.3. The number of hydrogen-bond acceptors (Lipinski definition) is 4. The van der Waals surface area contributed by atoms with Crippen LogP contribution in [0.15, 0.2) is 0 Å². The summed E-state index contributed by atoms with van der Waals surface area (Å²) in [6.45, 7) is 9.82. The second kappa shape index (κ2) is 6.69. The Morgan fingerprint density at radius 2 is 2.00 bits per heavy atom. The fourth-order valence-corrected chi connectivity index (χ4v) is 2.83. The third-order valence-electron chi connectivity index (χ3n) is 4.02. The zero-order chi connectivity index (χ0) is 12.1. The molecule has 2 fully saturated rings. The summed E-state index contributed by atoms with van der Waals surface area (Å²) >= 11 is 0. The predicted octanol–water partition coefficient (Wildman–Crippen LogP) is 0.520. The molecule has 2 aliphatic heterocycles. The second-order valence-corrected chi connectivity index (χ2v) is 5.44. The van der Waals surface area contributed by atoms with Gasteiger partial charge in [0.25, 0.3) is 0 Å². The molecule has 2 heterocycles. The number of morpholine rings is 1. The van der Waals surface area contributed by atoms with E-state index in [1.165, 1.54) is 45.4 Å². The molecule has 2 unspecified atom stereocenters. The molecule has 2 N–H and O–H groups in total. The minimum atomic E-state index is 0.248. The molecular formula is C13H27N3O. The summed E-state index contributed by atoms with van der Waals surface area (Å²) in [5, 5.41) is 0. The highest BCUT2D eigenvalue weighted by atomic mass is 16.5. The van der Waals surface area contributed by atoms with Crippen LogP contribution in [-0.2, 0) is 4.74 Å². The summed E-state index contributed by atoms with van der Waals surface area (Å²) in [5.41, 5.74) is 5.68. The normalized spacial score (nSPS) is 32.1. The van der Waals surface area contributed by atoms with Crippen molar-refractivity contribution in [3.05, 3.63) is 0 Å². The highest BCUT2D eigenvalue weighted by Gasteiger charge is 2.24. The molecule has 0 radical (unpaired) electrons. The molecule has 17 heavy (non-hydrogen) atoms. The maximum absolute atomic E-state index is 5.68. The minimum absolute atomic E-state index is 0.248. The fourth-order valence-electron chi connectivity index (χ4n) is 2.83. The van der Waals surface area contributed by atoms with Gasteiger partial charge < -0.3 is 15.4 Å². The average Bonchev–Trinajstić information content (AvgIpc) is 2.84. The van der Waals surface area contributed by atoms with E-state index in [9.17, 15) is 0 Å². The number of nitrogens with two attached hydrogens (primary N) is 1. The standard InChI is InChI=1S/C13H27N3O/c1-12-11-17-13(9-14)10-16(12)8-4-7-15-5-2-3-6-15/h12-13H,2-11,14H2,1H3. The Hall–Kier alpha value is -0.160. The molecule has 0 aromatic carbocycles. The van der Waals surface area contributed by atoms with E-state index in [1.807, 2.05) is 0 Å². The van der Waals surface area contributed by atoms with E-state index >= 15 is 0 Å². The summed E-state index contributed by atoms with van der Waals surface area (Å²) in [4.78, 5) is 5.13. The van der Waals surface area contributed by atoms with Crippen LogP contribution in [0.2, 0.25) is 0 Å². The molecule has 0 aliphatic carbocycles. The second-order valence-electron chi connectivity index (χ2n) is 5.44. The molecule has 2 aliphatic rings. The van der Waals surface area contributed by atoms with E-state index < -0.39 is 0 Å². The third kappa shape index (κ3) is 3.91. The Kier molecular flexibility index (Phi) is 5.22. The van der Waals surface area contributed by atoms with Gasteiger partial charge in [-0.3, -0.25) is 4.90 Å². The quantitative estimate of drug-likeness (QED) is 0.762. The van der Waals surface area contributed by atoms with Crippen LogP contribution in [0.1, 0.15) is 26.2 Å². The molecule has 2 rings (SSSR count). The monoisotopic (exact) mass is 241 g/mol. The number of hydrogen-bond donors (Lipinski definition) is 1. The van der Waals surface area contributed by atoms with Gasteiger partial charge in [0.15, 0.2) is 0 Å². The molecule has 0 amide bonds. The number of rotatable bonds is 5. The molecule has 2 saturated heterocycles. The van der Waals surface area contributed by atoms with Crippen LogP contribution in [0.5, 0.6) is 0 Å². The van der Waals surface area contributed by atoms with Crippen molar-refractivity contribution in [2.75, 3.05) is 45.9 Å². The lowest BCUT2D eigenvalue weighted by atomic mass is 10.2. The maximum Gasteiger partial charge on any atom is 0.0824 e. The summed E-state index contributed by atoms with van der Waals surface area (Å²) in [7, 11) is 0. The van der Waals surface area contributed by atoms with Crippen LogP contribution < -0.4 is 5.73 Å². The highest BCUT2D eigenvalue weighted by molar-refractivity contribution is 4.78. The van der Waals surface area contributed by atoms with E-state index in [-0.39, 0.29) is 6.10 Å². The molecule has 0 aromatic heterocycles. The molecule has 100 valence electrons. The first-order valence-electron chi connectivity index (χ1n) is 7.07. The van der Waals surface area contributed by atoms with E-state index in [0.29, 0.717) is 12.6 Å². The Balaban J connectivity index is 1.65.